The van der Waals surface area contributed by atoms with Crippen molar-refractivity contribution >= 4 is 11.7 Å². The molecule has 2 N–H and O–H groups in total. The Morgan fingerprint density at radius 2 is 1.56 bits per heavy atom. The summed E-state index contributed by atoms with van der Waals surface area (Å²) in [4.78, 5) is 12.2. The number of halogens is 1. The molecule has 0 bridgehead atoms. The molecule has 0 radical (unpaired) electrons. The van der Waals surface area contributed by atoms with E-state index in [0.29, 0.717) is 22.9 Å². The summed E-state index contributed by atoms with van der Waals surface area (Å²) >= 11 is 0. The summed E-state index contributed by atoms with van der Waals surface area (Å²) in [7, 11) is 4.50. The van der Waals surface area contributed by atoms with E-state index in [2.05, 4.69) is 10.6 Å². The van der Waals surface area contributed by atoms with E-state index in [9.17, 15) is 9.18 Å². The van der Waals surface area contributed by atoms with Crippen LogP contribution in [0.5, 0.6) is 17.2 Å². The maximum Gasteiger partial charge on any atom is 0.319 e. The van der Waals surface area contributed by atoms with Gasteiger partial charge in [-0.1, -0.05) is 12.1 Å². The number of carbonyl (C=O) groups is 1. The molecule has 2 rings (SSSR count). The Morgan fingerprint density at radius 1 is 1.00 bits per heavy atom. The number of nitrogens with one attached hydrogen (secondary N) is 2. The molecule has 2 amide bonds. The van der Waals surface area contributed by atoms with Crippen molar-refractivity contribution < 1.29 is 23.4 Å². The number of amides is 2. The molecule has 0 aliphatic heterocycles. The molecular weight excluding hydrogens is 327 g/mol. The highest BCUT2D eigenvalue weighted by molar-refractivity contribution is 5.90. The van der Waals surface area contributed by atoms with Gasteiger partial charge in [0.15, 0.2) is 11.5 Å². The quantitative estimate of drug-likeness (QED) is 0.834. The molecule has 6 nitrogen and oxygen atoms in total. The van der Waals surface area contributed by atoms with Gasteiger partial charge in [0.1, 0.15) is 5.82 Å². The van der Waals surface area contributed by atoms with Crippen LogP contribution in [0.25, 0.3) is 0 Å². The molecule has 0 unspecified atom stereocenters. The lowest BCUT2D eigenvalue weighted by Gasteiger charge is -2.17. The molecule has 134 valence electrons. The molecule has 0 fully saturated rings. The molecule has 0 saturated carbocycles. The van der Waals surface area contributed by atoms with Crippen molar-refractivity contribution in [3.63, 3.8) is 0 Å². The van der Waals surface area contributed by atoms with E-state index in [-0.39, 0.29) is 11.9 Å². The molecule has 2 aromatic rings. The van der Waals surface area contributed by atoms with Crippen molar-refractivity contribution in [2.24, 2.45) is 0 Å². The van der Waals surface area contributed by atoms with Gasteiger partial charge in [-0.2, -0.15) is 0 Å². The van der Waals surface area contributed by atoms with Crippen LogP contribution in [0.4, 0.5) is 14.9 Å². The van der Waals surface area contributed by atoms with E-state index >= 15 is 0 Å². The first-order chi connectivity index (χ1) is 12.0. The highest BCUT2D eigenvalue weighted by Gasteiger charge is 2.15. The van der Waals surface area contributed by atoms with Crippen molar-refractivity contribution in [2.45, 2.75) is 13.0 Å². The summed E-state index contributed by atoms with van der Waals surface area (Å²) in [6.45, 7) is 1.81. The lowest BCUT2D eigenvalue weighted by molar-refractivity contribution is 0.249. The molecule has 7 heteroatoms. The monoisotopic (exact) mass is 348 g/mol. The third-order valence-electron chi connectivity index (χ3n) is 3.64. The summed E-state index contributed by atoms with van der Waals surface area (Å²) in [5.41, 5.74) is 1.28. The molecule has 0 heterocycles. The topological polar surface area (TPSA) is 68.8 Å². The van der Waals surface area contributed by atoms with Gasteiger partial charge in [0.05, 0.1) is 33.1 Å². The number of hydrogen-bond acceptors (Lipinski definition) is 4. The number of urea groups is 1. The van der Waals surface area contributed by atoms with Gasteiger partial charge >= 0.3 is 6.03 Å². The number of hydrogen-bond donors (Lipinski definition) is 2. The second-order valence-corrected chi connectivity index (χ2v) is 5.29. The van der Waals surface area contributed by atoms with Crippen LogP contribution in [0, 0.1) is 5.82 Å². The van der Waals surface area contributed by atoms with Crippen LogP contribution in [0.2, 0.25) is 0 Å². The maximum atomic E-state index is 13.0. The fourth-order valence-corrected chi connectivity index (χ4v) is 2.35. The van der Waals surface area contributed by atoms with Crippen LogP contribution in [0.1, 0.15) is 18.5 Å². The number of carbonyl (C=O) groups excluding carboxylic acids is 1. The number of ether oxygens (including phenoxy) is 3. The summed E-state index contributed by atoms with van der Waals surface area (Å²) in [5.74, 6) is 0.987. The minimum absolute atomic E-state index is 0.289. The zero-order valence-corrected chi connectivity index (χ0v) is 14.6. The molecule has 2 aromatic carbocycles. The van der Waals surface area contributed by atoms with Crippen LogP contribution in [0.15, 0.2) is 36.4 Å². The number of rotatable bonds is 6. The van der Waals surface area contributed by atoms with E-state index in [1.165, 1.54) is 33.5 Å². The highest BCUT2D eigenvalue weighted by Crippen LogP contribution is 2.39. The molecule has 0 aliphatic rings. The Labute approximate surface area is 145 Å². The molecule has 0 aliphatic carbocycles. The minimum atomic E-state index is -0.411. The van der Waals surface area contributed by atoms with Gasteiger partial charge in [0, 0.05) is 12.1 Å². The standard InChI is InChI=1S/C18H21FN2O4/c1-11(12-5-7-13(19)8-6-12)20-18(22)21-14-9-15(23-2)17(25-4)16(10-14)24-3/h5-11H,1-4H3,(H2,20,21,22)/t11-/m1/s1. The van der Waals surface area contributed by atoms with E-state index in [4.69, 9.17) is 14.2 Å². The molecule has 0 aromatic heterocycles. The van der Waals surface area contributed by atoms with Crippen molar-refractivity contribution in [2.75, 3.05) is 26.6 Å². The van der Waals surface area contributed by atoms with E-state index in [0.717, 1.165) is 5.56 Å². The first-order valence-corrected chi connectivity index (χ1v) is 7.61. The second-order valence-electron chi connectivity index (χ2n) is 5.29. The summed E-state index contributed by atoms with van der Waals surface area (Å²) < 4.78 is 28.7. The fourth-order valence-electron chi connectivity index (χ4n) is 2.35. The Hall–Kier alpha value is -2.96. The maximum absolute atomic E-state index is 13.0. The zero-order chi connectivity index (χ0) is 18.4. The van der Waals surface area contributed by atoms with Crippen molar-refractivity contribution in [3.8, 4) is 17.2 Å². The molecule has 0 spiro atoms. The van der Waals surface area contributed by atoms with Gasteiger partial charge in [-0.25, -0.2) is 9.18 Å². The van der Waals surface area contributed by atoms with Gasteiger partial charge in [-0.05, 0) is 24.6 Å². The average molecular weight is 348 g/mol. The van der Waals surface area contributed by atoms with Crippen LogP contribution in [-0.2, 0) is 0 Å². The van der Waals surface area contributed by atoms with Gasteiger partial charge in [-0.15, -0.1) is 0 Å². The van der Waals surface area contributed by atoms with E-state index in [1.54, 1.807) is 24.3 Å². The van der Waals surface area contributed by atoms with E-state index in [1.807, 2.05) is 6.92 Å². The average Bonchev–Trinajstić information content (AvgIpc) is 2.61. The van der Waals surface area contributed by atoms with Crippen molar-refractivity contribution in [3.05, 3.63) is 47.8 Å². The molecular formula is C18H21FN2O4. The SMILES string of the molecule is COc1cc(NC(=O)N[C@H](C)c2ccc(F)cc2)cc(OC)c1OC. The Balaban J connectivity index is 2.10. The van der Waals surface area contributed by atoms with E-state index < -0.39 is 6.03 Å². The highest BCUT2D eigenvalue weighted by atomic mass is 19.1. The predicted molar refractivity (Wildman–Crippen MR) is 93.1 cm³/mol. The van der Waals surface area contributed by atoms with Crippen LogP contribution in [-0.4, -0.2) is 27.4 Å². The molecule has 0 saturated heterocycles. The second kappa shape index (κ2) is 8.23. The molecule has 1 atom stereocenters. The van der Waals surface area contributed by atoms with Gasteiger partial charge < -0.3 is 24.8 Å². The van der Waals surface area contributed by atoms with Crippen molar-refractivity contribution in [1.82, 2.24) is 5.32 Å². The largest absolute Gasteiger partial charge is 0.493 e. The van der Waals surface area contributed by atoms with Gasteiger partial charge in [0.2, 0.25) is 5.75 Å². The summed E-state index contributed by atoms with van der Waals surface area (Å²) in [6.07, 6.45) is 0. The first-order valence-electron chi connectivity index (χ1n) is 7.61. The zero-order valence-electron chi connectivity index (χ0n) is 14.6. The van der Waals surface area contributed by atoms with Crippen LogP contribution < -0.4 is 24.8 Å². The Morgan fingerprint density at radius 3 is 2.04 bits per heavy atom. The Bertz CT molecular complexity index is 709. The number of benzene rings is 2. The number of methoxy groups -OCH3 is 3. The third-order valence-corrected chi connectivity index (χ3v) is 3.64. The number of anilines is 1. The minimum Gasteiger partial charge on any atom is -0.493 e. The predicted octanol–water partition coefficient (Wildman–Crippen LogP) is 3.73. The smallest absolute Gasteiger partial charge is 0.319 e. The Kier molecular flexibility index (Phi) is 6.05. The normalized spacial score (nSPS) is 11.4. The van der Waals surface area contributed by atoms with Crippen molar-refractivity contribution in [1.29, 1.82) is 0 Å². The van der Waals surface area contributed by atoms with Gasteiger partial charge in [-0.3, -0.25) is 0 Å². The van der Waals surface area contributed by atoms with Crippen LogP contribution in [0.3, 0.4) is 0 Å². The van der Waals surface area contributed by atoms with Crippen LogP contribution >= 0.6 is 0 Å². The van der Waals surface area contributed by atoms with Gasteiger partial charge in [0.25, 0.3) is 0 Å². The summed E-state index contributed by atoms with van der Waals surface area (Å²) in [6, 6.07) is 8.51. The third kappa shape index (κ3) is 4.53. The lowest BCUT2D eigenvalue weighted by Crippen LogP contribution is -2.31. The molecule has 25 heavy (non-hydrogen) atoms. The lowest BCUT2D eigenvalue weighted by atomic mass is 10.1. The summed E-state index contributed by atoms with van der Waals surface area (Å²) in [5, 5.41) is 5.50. The fraction of sp³-hybridized carbons (Fsp3) is 0.278. The first kappa shape index (κ1) is 18.4.